The molecule has 3 rings (SSSR count). The first kappa shape index (κ1) is 16.2. The van der Waals surface area contributed by atoms with E-state index in [9.17, 15) is 4.79 Å². The van der Waals surface area contributed by atoms with Gasteiger partial charge in [-0.05, 0) is 43.3 Å². The lowest BCUT2D eigenvalue weighted by Gasteiger charge is -2.09. The van der Waals surface area contributed by atoms with E-state index in [1.807, 2.05) is 0 Å². The summed E-state index contributed by atoms with van der Waals surface area (Å²) in [4.78, 5) is 20.7. The molecule has 0 fully saturated rings. The molecule has 7 heteroatoms. The molecule has 0 saturated heterocycles. The third-order valence-corrected chi connectivity index (χ3v) is 3.36. The molecule has 0 bridgehead atoms. The standard InChI is InChI=1S/C18H15N5O2/c1-12-21-16(18(24)20-11-15-3-2-8-25-15)9-17(22-12)23-14-6-4-13(10-19)5-7-14/h2-9H,11H2,1H3,(H,20,24)(H,21,22,23). The zero-order valence-electron chi connectivity index (χ0n) is 13.5. The average molecular weight is 333 g/mol. The Hall–Kier alpha value is -3.66. The summed E-state index contributed by atoms with van der Waals surface area (Å²) in [6.45, 7) is 2.00. The van der Waals surface area contributed by atoms with Crippen molar-refractivity contribution in [2.24, 2.45) is 0 Å². The summed E-state index contributed by atoms with van der Waals surface area (Å²) in [6.07, 6.45) is 1.55. The zero-order chi connectivity index (χ0) is 17.6. The molecule has 3 aromatic rings. The summed E-state index contributed by atoms with van der Waals surface area (Å²) < 4.78 is 5.18. The molecular weight excluding hydrogens is 318 g/mol. The van der Waals surface area contributed by atoms with Crippen molar-refractivity contribution in [1.82, 2.24) is 15.3 Å². The number of rotatable bonds is 5. The van der Waals surface area contributed by atoms with Gasteiger partial charge >= 0.3 is 0 Å². The van der Waals surface area contributed by atoms with Crippen LogP contribution in [0.4, 0.5) is 11.5 Å². The van der Waals surface area contributed by atoms with E-state index in [2.05, 4.69) is 26.7 Å². The Labute approximate surface area is 144 Å². The van der Waals surface area contributed by atoms with Gasteiger partial charge in [-0.25, -0.2) is 9.97 Å². The van der Waals surface area contributed by atoms with E-state index in [0.717, 1.165) is 5.69 Å². The van der Waals surface area contributed by atoms with Crippen molar-refractivity contribution < 1.29 is 9.21 Å². The van der Waals surface area contributed by atoms with Gasteiger partial charge in [-0.1, -0.05) is 0 Å². The SMILES string of the molecule is Cc1nc(Nc2ccc(C#N)cc2)cc(C(=O)NCc2ccco2)n1. The van der Waals surface area contributed by atoms with E-state index >= 15 is 0 Å². The third-order valence-electron chi connectivity index (χ3n) is 3.36. The monoisotopic (exact) mass is 333 g/mol. The van der Waals surface area contributed by atoms with Crippen molar-refractivity contribution in [3.63, 3.8) is 0 Å². The van der Waals surface area contributed by atoms with Gasteiger partial charge in [-0.2, -0.15) is 5.26 Å². The summed E-state index contributed by atoms with van der Waals surface area (Å²) in [5.41, 5.74) is 1.59. The highest BCUT2D eigenvalue weighted by Crippen LogP contribution is 2.16. The molecule has 2 heterocycles. The average Bonchev–Trinajstić information content (AvgIpc) is 3.13. The van der Waals surface area contributed by atoms with Crippen LogP contribution in [0.3, 0.4) is 0 Å². The first-order valence-electron chi connectivity index (χ1n) is 7.57. The van der Waals surface area contributed by atoms with Gasteiger partial charge in [0.1, 0.15) is 23.1 Å². The number of benzene rings is 1. The smallest absolute Gasteiger partial charge is 0.270 e. The van der Waals surface area contributed by atoms with Crippen LogP contribution < -0.4 is 10.6 Å². The van der Waals surface area contributed by atoms with Crippen LogP contribution in [0, 0.1) is 18.3 Å². The minimum Gasteiger partial charge on any atom is -0.467 e. The van der Waals surface area contributed by atoms with Crippen molar-refractivity contribution in [2.75, 3.05) is 5.32 Å². The fourth-order valence-corrected chi connectivity index (χ4v) is 2.20. The molecule has 0 aliphatic carbocycles. The van der Waals surface area contributed by atoms with E-state index in [-0.39, 0.29) is 18.1 Å². The van der Waals surface area contributed by atoms with Crippen molar-refractivity contribution in [1.29, 1.82) is 5.26 Å². The highest BCUT2D eigenvalue weighted by molar-refractivity contribution is 5.93. The van der Waals surface area contributed by atoms with Crippen molar-refractivity contribution in [2.45, 2.75) is 13.5 Å². The predicted octanol–water partition coefficient (Wildman–Crippen LogP) is 2.92. The first-order valence-corrected chi connectivity index (χ1v) is 7.57. The highest BCUT2D eigenvalue weighted by Gasteiger charge is 2.11. The van der Waals surface area contributed by atoms with Crippen LogP contribution in [0.5, 0.6) is 0 Å². The summed E-state index contributed by atoms with van der Waals surface area (Å²) in [5, 5.41) is 14.7. The molecule has 2 aromatic heterocycles. The van der Waals surface area contributed by atoms with E-state index in [1.165, 1.54) is 0 Å². The fraction of sp³-hybridized carbons (Fsp3) is 0.111. The molecule has 1 aromatic carbocycles. The maximum atomic E-state index is 12.3. The van der Waals surface area contributed by atoms with Gasteiger partial charge in [-0.3, -0.25) is 4.79 Å². The fourth-order valence-electron chi connectivity index (χ4n) is 2.20. The van der Waals surface area contributed by atoms with Gasteiger partial charge in [-0.15, -0.1) is 0 Å². The van der Waals surface area contributed by atoms with E-state index < -0.39 is 0 Å². The molecule has 0 atom stereocenters. The molecule has 0 aliphatic heterocycles. The minimum atomic E-state index is -0.315. The normalized spacial score (nSPS) is 10.1. The predicted molar refractivity (Wildman–Crippen MR) is 91.1 cm³/mol. The number of carbonyl (C=O) groups excluding carboxylic acids is 1. The number of anilines is 2. The molecule has 0 spiro atoms. The molecular formula is C18H15N5O2. The Bertz CT molecular complexity index is 912. The van der Waals surface area contributed by atoms with E-state index in [1.54, 1.807) is 55.7 Å². The number of nitriles is 1. The van der Waals surface area contributed by atoms with Crippen LogP contribution in [-0.2, 0) is 6.54 Å². The third kappa shape index (κ3) is 4.20. The molecule has 0 aliphatic rings. The first-order chi connectivity index (χ1) is 12.1. The van der Waals surface area contributed by atoms with Crippen LogP contribution in [0.2, 0.25) is 0 Å². The van der Waals surface area contributed by atoms with Crippen LogP contribution in [0.15, 0.2) is 53.1 Å². The number of aryl methyl sites for hydroxylation is 1. The molecule has 1 amide bonds. The largest absolute Gasteiger partial charge is 0.467 e. The van der Waals surface area contributed by atoms with E-state index in [4.69, 9.17) is 9.68 Å². The Balaban J connectivity index is 1.72. The van der Waals surface area contributed by atoms with Gasteiger partial charge in [0.05, 0.1) is 24.4 Å². The summed E-state index contributed by atoms with van der Waals surface area (Å²) in [5.74, 6) is 1.32. The summed E-state index contributed by atoms with van der Waals surface area (Å²) >= 11 is 0. The zero-order valence-corrected chi connectivity index (χ0v) is 13.5. The molecule has 25 heavy (non-hydrogen) atoms. The van der Waals surface area contributed by atoms with Gasteiger partial charge in [0.15, 0.2) is 0 Å². The Morgan fingerprint density at radius 3 is 2.72 bits per heavy atom. The quantitative estimate of drug-likeness (QED) is 0.744. The van der Waals surface area contributed by atoms with Crippen LogP contribution in [0.1, 0.15) is 27.6 Å². The second kappa shape index (κ2) is 7.27. The number of aromatic nitrogens is 2. The Kier molecular flexibility index (Phi) is 4.72. The number of furan rings is 1. The molecule has 0 unspecified atom stereocenters. The van der Waals surface area contributed by atoms with Crippen LogP contribution in [-0.4, -0.2) is 15.9 Å². The van der Waals surface area contributed by atoms with Crippen molar-refractivity contribution in [3.8, 4) is 6.07 Å². The lowest BCUT2D eigenvalue weighted by molar-refractivity contribution is 0.0942. The summed E-state index contributed by atoms with van der Waals surface area (Å²) in [6, 6.07) is 14.1. The van der Waals surface area contributed by atoms with Gasteiger partial charge in [0.2, 0.25) is 0 Å². The summed E-state index contributed by atoms with van der Waals surface area (Å²) in [7, 11) is 0. The van der Waals surface area contributed by atoms with E-state index in [0.29, 0.717) is 23.0 Å². The number of hydrogen-bond acceptors (Lipinski definition) is 6. The van der Waals surface area contributed by atoms with Crippen LogP contribution in [0.25, 0.3) is 0 Å². The molecule has 124 valence electrons. The number of nitrogens with zero attached hydrogens (tertiary/aromatic N) is 3. The minimum absolute atomic E-state index is 0.259. The topological polar surface area (TPSA) is 104 Å². The molecule has 7 nitrogen and oxygen atoms in total. The Morgan fingerprint density at radius 2 is 2.04 bits per heavy atom. The number of hydrogen-bond donors (Lipinski definition) is 2. The maximum absolute atomic E-state index is 12.3. The lowest BCUT2D eigenvalue weighted by Crippen LogP contribution is -2.24. The number of nitrogens with one attached hydrogen (secondary N) is 2. The highest BCUT2D eigenvalue weighted by atomic mass is 16.3. The van der Waals surface area contributed by atoms with Gasteiger partial charge in [0.25, 0.3) is 5.91 Å². The molecule has 0 radical (unpaired) electrons. The number of carbonyl (C=O) groups is 1. The number of amides is 1. The Morgan fingerprint density at radius 1 is 1.24 bits per heavy atom. The van der Waals surface area contributed by atoms with Gasteiger partial charge < -0.3 is 15.1 Å². The second-order valence-electron chi connectivity index (χ2n) is 5.26. The second-order valence-corrected chi connectivity index (χ2v) is 5.26. The maximum Gasteiger partial charge on any atom is 0.270 e. The van der Waals surface area contributed by atoms with Crippen LogP contribution >= 0.6 is 0 Å². The molecule has 2 N–H and O–H groups in total. The lowest BCUT2D eigenvalue weighted by atomic mass is 10.2. The van der Waals surface area contributed by atoms with Crippen molar-refractivity contribution >= 4 is 17.4 Å². The van der Waals surface area contributed by atoms with Crippen molar-refractivity contribution in [3.05, 3.63) is 71.6 Å². The van der Waals surface area contributed by atoms with Gasteiger partial charge in [0, 0.05) is 11.8 Å². The molecule has 0 saturated carbocycles.